The van der Waals surface area contributed by atoms with Crippen molar-refractivity contribution in [1.82, 2.24) is 9.59 Å². The molecule has 0 atom stereocenters. The van der Waals surface area contributed by atoms with Crippen LogP contribution in [-0.2, 0) is 5.41 Å². The first-order valence-electron chi connectivity index (χ1n) is 5.78. The van der Waals surface area contributed by atoms with Crippen molar-refractivity contribution in [2.45, 2.75) is 52.9 Å². The summed E-state index contributed by atoms with van der Waals surface area (Å²) >= 11 is 1.23. The number of rotatable bonds is 4. The van der Waals surface area contributed by atoms with Crippen LogP contribution in [0.4, 0.5) is 0 Å². The van der Waals surface area contributed by atoms with Gasteiger partial charge < -0.3 is 0 Å². The van der Waals surface area contributed by atoms with Crippen molar-refractivity contribution in [3.8, 4) is 0 Å². The first-order valence-corrected chi connectivity index (χ1v) is 6.56. The van der Waals surface area contributed by atoms with E-state index < -0.39 is 0 Å². The molecule has 1 aromatic rings. The summed E-state index contributed by atoms with van der Waals surface area (Å²) in [6.07, 6.45) is 1.77. The van der Waals surface area contributed by atoms with Gasteiger partial charge in [0.05, 0.1) is 5.69 Å². The fourth-order valence-corrected chi connectivity index (χ4v) is 2.58. The smallest absolute Gasteiger partial charge is 0.179 e. The topological polar surface area (TPSA) is 42.9 Å². The summed E-state index contributed by atoms with van der Waals surface area (Å²) in [5.41, 5.74) is 0.735. The van der Waals surface area contributed by atoms with Crippen LogP contribution in [0.3, 0.4) is 0 Å². The molecule has 3 nitrogen and oxygen atoms in total. The van der Waals surface area contributed by atoms with E-state index in [9.17, 15) is 4.79 Å². The van der Waals surface area contributed by atoms with E-state index in [2.05, 4.69) is 44.2 Å². The van der Waals surface area contributed by atoms with Crippen LogP contribution in [0.5, 0.6) is 0 Å². The first kappa shape index (κ1) is 13.3. The Labute approximate surface area is 101 Å². The van der Waals surface area contributed by atoms with E-state index in [0.29, 0.717) is 0 Å². The summed E-state index contributed by atoms with van der Waals surface area (Å²) < 4.78 is 3.93. The molecule has 0 fully saturated rings. The minimum Gasteiger partial charge on any atom is -0.293 e. The summed E-state index contributed by atoms with van der Waals surface area (Å²) in [5, 5.41) is 4.11. The summed E-state index contributed by atoms with van der Waals surface area (Å²) in [7, 11) is 0. The number of aromatic nitrogens is 2. The van der Waals surface area contributed by atoms with Crippen molar-refractivity contribution < 1.29 is 4.79 Å². The normalized spacial score (nSPS) is 12.1. The van der Waals surface area contributed by atoms with Crippen LogP contribution in [0.2, 0.25) is 0 Å². The lowest BCUT2D eigenvalue weighted by molar-refractivity contribution is 0.0915. The maximum absolute atomic E-state index is 12.3. The molecule has 0 saturated carbocycles. The van der Waals surface area contributed by atoms with E-state index >= 15 is 0 Å². The standard InChI is InChI=1S/C12H20N2OS/c1-6-8(7-2)9(15)10-11(12(3,4)5)13-14-16-10/h8H,6-7H2,1-5H3. The third-order valence-electron chi connectivity index (χ3n) is 2.78. The molecule has 0 aromatic carbocycles. The second kappa shape index (κ2) is 5.04. The van der Waals surface area contributed by atoms with Crippen molar-refractivity contribution in [2.75, 3.05) is 0 Å². The number of nitrogens with zero attached hydrogens (tertiary/aromatic N) is 2. The maximum Gasteiger partial charge on any atom is 0.179 e. The Hall–Kier alpha value is -0.770. The van der Waals surface area contributed by atoms with Gasteiger partial charge in [-0.15, -0.1) is 5.10 Å². The zero-order valence-electron chi connectivity index (χ0n) is 10.7. The largest absolute Gasteiger partial charge is 0.293 e. The zero-order valence-corrected chi connectivity index (χ0v) is 11.5. The summed E-state index contributed by atoms with van der Waals surface area (Å²) in [5.74, 6) is 0.327. The molecule has 1 rings (SSSR count). The number of hydrogen-bond donors (Lipinski definition) is 0. The highest BCUT2D eigenvalue weighted by Gasteiger charge is 2.28. The average molecular weight is 240 g/mol. The van der Waals surface area contributed by atoms with Gasteiger partial charge in [0.1, 0.15) is 4.88 Å². The van der Waals surface area contributed by atoms with Gasteiger partial charge in [-0.25, -0.2) is 0 Å². The molecule has 1 heterocycles. The Morgan fingerprint density at radius 2 is 1.88 bits per heavy atom. The fourth-order valence-electron chi connectivity index (χ4n) is 1.69. The summed E-state index contributed by atoms with van der Waals surface area (Å²) in [6, 6.07) is 0. The average Bonchev–Trinajstić information content (AvgIpc) is 2.67. The minimum absolute atomic E-state index is 0.107. The summed E-state index contributed by atoms with van der Waals surface area (Å²) in [6.45, 7) is 10.3. The predicted molar refractivity (Wildman–Crippen MR) is 67.0 cm³/mol. The van der Waals surface area contributed by atoms with Crippen molar-refractivity contribution >= 4 is 17.3 Å². The van der Waals surface area contributed by atoms with E-state index in [1.54, 1.807) is 0 Å². The molecule has 0 aliphatic carbocycles. The van der Waals surface area contributed by atoms with Crippen LogP contribution in [0.1, 0.15) is 62.8 Å². The Morgan fingerprint density at radius 3 is 2.31 bits per heavy atom. The Kier molecular flexibility index (Phi) is 4.19. The van der Waals surface area contributed by atoms with Crippen molar-refractivity contribution in [3.05, 3.63) is 10.6 Å². The molecule has 4 heteroatoms. The molecule has 16 heavy (non-hydrogen) atoms. The number of carbonyl (C=O) groups is 1. The molecule has 0 N–H and O–H groups in total. The van der Waals surface area contributed by atoms with E-state index in [0.717, 1.165) is 23.4 Å². The van der Waals surface area contributed by atoms with Crippen LogP contribution >= 0.6 is 11.5 Å². The number of carbonyl (C=O) groups excluding carboxylic acids is 1. The van der Waals surface area contributed by atoms with E-state index in [-0.39, 0.29) is 17.1 Å². The van der Waals surface area contributed by atoms with Crippen LogP contribution in [0.25, 0.3) is 0 Å². The Bertz CT molecular complexity index is 361. The molecule has 0 aliphatic rings. The van der Waals surface area contributed by atoms with Gasteiger partial charge in [0.2, 0.25) is 0 Å². The van der Waals surface area contributed by atoms with Gasteiger partial charge in [0.25, 0.3) is 0 Å². The van der Waals surface area contributed by atoms with Gasteiger partial charge in [0.15, 0.2) is 5.78 Å². The third-order valence-corrected chi connectivity index (χ3v) is 3.52. The molecule has 90 valence electrons. The van der Waals surface area contributed by atoms with E-state index in [4.69, 9.17) is 0 Å². The molecule has 0 unspecified atom stereocenters. The number of Topliss-reactive ketones (excluding diaryl/α,β-unsaturated/α-hetero) is 1. The lowest BCUT2D eigenvalue weighted by Gasteiger charge is -2.17. The SMILES string of the molecule is CCC(CC)C(=O)c1snnc1C(C)(C)C. The van der Waals surface area contributed by atoms with E-state index in [1.165, 1.54) is 11.5 Å². The van der Waals surface area contributed by atoms with E-state index in [1.807, 2.05) is 0 Å². The van der Waals surface area contributed by atoms with Crippen LogP contribution in [0, 0.1) is 5.92 Å². The van der Waals surface area contributed by atoms with Gasteiger partial charge in [0, 0.05) is 11.3 Å². The van der Waals surface area contributed by atoms with Crippen LogP contribution in [-0.4, -0.2) is 15.4 Å². The lowest BCUT2D eigenvalue weighted by atomic mass is 9.88. The second-order valence-electron chi connectivity index (χ2n) is 5.08. The Balaban J connectivity index is 3.05. The van der Waals surface area contributed by atoms with Crippen molar-refractivity contribution in [1.29, 1.82) is 0 Å². The maximum atomic E-state index is 12.3. The van der Waals surface area contributed by atoms with Gasteiger partial charge in [-0.05, 0) is 24.4 Å². The molecular formula is C12H20N2OS. The van der Waals surface area contributed by atoms with Gasteiger partial charge >= 0.3 is 0 Å². The zero-order chi connectivity index (χ0) is 12.3. The Morgan fingerprint density at radius 1 is 1.31 bits per heavy atom. The highest BCUT2D eigenvalue weighted by Crippen LogP contribution is 2.28. The van der Waals surface area contributed by atoms with Gasteiger partial charge in [-0.1, -0.05) is 39.1 Å². The highest BCUT2D eigenvalue weighted by atomic mass is 32.1. The summed E-state index contributed by atoms with van der Waals surface area (Å²) in [4.78, 5) is 13.0. The van der Waals surface area contributed by atoms with Gasteiger partial charge in [-0.3, -0.25) is 4.79 Å². The molecular weight excluding hydrogens is 220 g/mol. The quantitative estimate of drug-likeness (QED) is 0.757. The predicted octanol–water partition coefficient (Wildman–Crippen LogP) is 3.45. The molecule has 0 radical (unpaired) electrons. The van der Waals surface area contributed by atoms with Crippen LogP contribution in [0.15, 0.2) is 0 Å². The number of ketones is 1. The molecule has 0 spiro atoms. The van der Waals surface area contributed by atoms with Crippen LogP contribution < -0.4 is 0 Å². The lowest BCUT2D eigenvalue weighted by Crippen LogP contribution is -2.20. The van der Waals surface area contributed by atoms with Crippen molar-refractivity contribution in [3.63, 3.8) is 0 Å². The van der Waals surface area contributed by atoms with Gasteiger partial charge in [-0.2, -0.15) is 0 Å². The minimum atomic E-state index is -0.107. The first-order chi connectivity index (χ1) is 7.41. The fraction of sp³-hybridized carbons (Fsp3) is 0.750. The molecule has 0 amide bonds. The number of hydrogen-bond acceptors (Lipinski definition) is 4. The molecule has 0 bridgehead atoms. The highest BCUT2D eigenvalue weighted by molar-refractivity contribution is 7.08. The molecule has 0 aliphatic heterocycles. The second-order valence-corrected chi connectivity index (χ2v) is 5.83. The molecule has 1 aromatic heterocycles. The van der Waals surface area contributed by atoms with Crippen molar-refractivity contribution in [2.24, 2.45) is 5.92 Å². The molecule has 0 saturated heterocycles. The monoisotopic (exact) mass is 240 g/mol. The third kappa shape index (κ3) is 2.67.